The Morgan fingerprint density at radius 1 is 1.33 bits per heavy atom. The van der Waals surface area contributed by atoms with Crippen LogP contribution in [-0.2, 0) is 0 Å². The third-order valence-corrected chi connectivity index (χ3v) is 4.30. The van der Waals surface area contributed by atoms with Gasteiger partial charge in [0.2, 0.25) is 0 Å². The van der Waals surface area contributed by atoms with Crippen molar-refractivity contribution in [1.29, 1.82) is 0 Å². The van der Waals surface area contributed by atoms with E-state index < -0.39 is 0 Å². The van der Waals surface area contributed by atoms with Crippen molar-refractivity contribution in [3.05, 3.63) is 0 Å². The molecular formula is C9H18N2S. The van der Waals surface area contributed by atoms with E-state index in [1.807, 2.05) is 18.8 Å². The van der Waals surface area contributed by atoms with Gasteiger partial charge in [-0.1, -0.05) is 12.8 Å². The van der Waals surface area contributed by atoms with Crippen molar-refractivity contribution in [2.75, 3.05) is 12.8 Å². The minimum Gasteiger partial charge on any atom is -0.296 e. The van der Waals surface area contributed by atoms with Crippen LogP contribution in [0, 0.1) is 5.92 Å². The topological polar surface area (TPSA) is 24.1 Å². The summed E-state index contributed by atoms with van der Waals surface area (Å²) in [7, 11) is 2.03. The largest absolute Gasteiger partial charge is 0.296 e. The number of thioether (sulfide) groups is 1. The van der Waals surface area contributed by atoms with Crippen molar-refractivity contribution in [3.8, 4) is 0 Å². The average Bonchev–Trinajstić information content (AvgIpc) is 2.75. The van der Waals surface area contributed by atoms with Gasteiger partial charge in [0.1, 0.15) is 5.50 Å². The number of hydrogen-bond donors (Lipinski definition) is 2. The predicted molar refractivity (Wildman–Crippen MR) is 54.2 cm³/mol. The summed E-state index contributed by atoms with van der Waals surface area (Å²) in [5.74, 6) is 2.27. The van der Waals surface area contributed by atoms with E-state index >= 15 is 0 Å². The van der Waals surface area contributed by atoms with Gasteiger partial charge in [0.05, 0.1) is 0 Å². The van der Waals surface area contributed by atoms with Crippen molar-refractivity contribution < 1.29 is 0 Å². The molecule has 0 aromatic heterocycles. The van der Waals surface area contributed by atoms with Gasteiger partial charge in [0.15, 0.2) is 0 Å². The Kier molecular flexibility index (Phi) is 2.94. The van der Waals surface area contributed by atoms with Crippen LogP contribution >= 0.6 is 11.8 Å². The molecule has 2 nitrogen and oxygen atoms in total. The maximum Gasteiger partial charge on any atom is 0.105 e. The molecule has 0 bridgehead atoms. The molecule has 1 saturated heterocycles. The quantitative estimate of drug-likeness (QED) is 0.681. The Morgan fingerprint density at radius 2 is 2.08 bits per heavy atom. The summed E-state index contributed by atoms with van der Waals surface area (Å²) >= 11 is 2.02. The monoisotopic (exact) mass is 186 g/mol. The fourth-order valence-electron chi connectivity index (χ4n) is 2.29. The lowest BCUT2D eigenvalue weighted by atomic mass is 10.0. The molecule has 0 aromatic carbocycles. The molecule has 0 aromatic rings. The van der Waals surface area contributed by atoms with E-state index in [2.05, 4.69) is 10.6 Å². The van der Waals surface area contributed by atoms with E-state index in [4.69, 9.17) is 0 Å². The standard InChI is InChI=1S/C9H18N2S/c1-10-9-11-8(6-12-9)7-4-2-3-5-7/h7-11H,2-6H2,1H3. The van der Waals surface area contributed by atoms with Crippen LogP contribution in [0.5, 0.6) is 0 Å². The zero-order chi connectivity index (χ0) is 8.39. The summed E-state index contributed by atoms with van der Waals surface area (Å²) in [4.78, 5) is 0. The van der Waals surface area contributed by atoms with Crippen LogP contribution < -0.4 is 10.6 Å². The number of rotatable bonds is 2. The fraction of sp³-hybridized carbons (Fsp3) is 1.00. The Morgan fingerprint density at radius 3 is 2.67 bits per heavy atom. The zero-order valence-electron chi connectivity index (χ0n) is 7.68. The molecule has 1 aliphatic carbocycles. The molecule has 2 fully saturated rings. The van der Waals surface area contributed by atoms with Crippen LogP contribution in [0.4, 0.5) is 0 Å². The molecule has 2 atom stereocenters. The minimum absolute atomic E-state index is 0.510. The highest BCUT2D eigenvalue weighted by atomic mass is 32.2. The number of nitrogens with one attached hydrogen (secondary N) is 2. The Bertz CT molecular complexity index is 145. The van der Waals surface area contributed by atoms with E-state index in [-0.39, 0.29) is 0 Å². The molecule has 0 spiro atoms. The van der Waals surface area contributed by atoms with Crippen molar-refractivity contribution >= 4 is 11.8 Å². The van der Waals surface area contributed by atoms with Crippen molar-refractivity contribution in [1.82, 2.24) is 10.6 Å². The molecule has 0 radical (unpaired) electrons. The molecule has 70 valence electrons. The van der Waals surface area contributed by atoms with E-state index in [0.29, 0.717) is 5.50 Å². The van der Waals surface area contributed by atoms with Gasteiger partial charge in [0.25, 0.3) is 0 Å². The summed E-state index contributed by atoms with van der Waals surface area (Å²) in [6.45, 7) is 0. The van der Waals surface area contributed by atoms with Crippen LogP contribution in [0.15, 0.2) is 0 Å². The summed E-state index contributed by atoms with van der Waals surface area (Å²) in [5, 5.41) is 6.90. The van der Waals surface area contributed by atoms with Gasteiger partial charge in [-0.15, -0.1) is 11.8 Å². The molecule has 1 heterocycles. The fourth-order valence-corrected chi connectivity index (χ4v) is 3.50. The van der Waals surface area contributed by atoms with Crippen LogP contribution in [-0.4, -0.2) is 24.3 Å². The van der Waals surface area contributed by atoms with Crippen LogP contribution in [0.3, 0.4) is 0 Å². The van der Waals surface area contributed by atoms with Gasteiger partial charge in [-0.05, 0) is 25.8 Å². The second-order valence-electron chi connectivity index (χ2n) is 3.82. The highest BCUT2D eigenvalue weighted by Crippen LogP contribution is 2.32. The van der Waals surface area contributed by atoms with Gasteiger partial charge in [-0.3, -0.25) is 10.6 Å². The third kappa shape index (κ3) is 1.78. The van der Waals surface area contributed by atoms with Crippen molar-refractivity contribution in [2.45, 2.75) is 37.2 Å². The highest BCUT2D eigenvalue weighted by Gasteiger charge is 2.31. The molecule has 12 heavy (non-hydrogen) atoms. The lowest BCUT2D eigenvalue weighted by Crippen LogP contribution is -2.40. The normalized spacial score (nSPS) is 37.8. The van der Waals surface area contributed by atoms with E-state index in [0.717, 1.165) is 12.0 Å². The summed E-state index contributed by atoms with van der Waals surface area (Å²) in [5.41, 5.74) is 0.510. The number of hydrogen-bond acceptors (Lipinski definition) is 3. The maximum atomic E-state index is 3.63. The smallest absolute Gasteiger partial charge is 0.105 e. The van der Waals surface area contributed by atoms with Gasteiger partial charge < -0.3 is 0 Å². The molecule has 1 aliphatic heterocycles. The van der Waals surface area contributed by atoms with E-state index in [9.17, 15) is 0 Å². The maximum absolute atomic E-state index is 3.63. The second-order valence-corrected chi connectivity index (χ2v) is 4.96. The lowest BCUT2D eigenvalue weighted by Gasteiger charge is -2.18. The first kappa shape index (κ1) is 8.85. The summed E-state index contributed by atoms with van der Waals surface area (Å²) in [6, 6.07) is 0.787. The Hall–Kier alpha value is 0.270. The van der Waals surface area contributed by atoms with Gasteiger partial charge in [0, 0.05) is 11.8 Å². The Balaban J connectivity index is 1.81. The molecule has 2 N–H and O–H groups in total. The summed E-state index contributed by atoms with van der Waals surface area (Å²) < 4.78 is 0. The average molecular weight is 186 g/mol. The van der Waals surface area contributed by atoms with Crippen LogP contribution in [0.2, 0.25) is 0 Å². The third-order valence-electron chi connectivity index (χ3n) is 3.04. The van der Waals surface area contributed by atoms with Crippen LogP contribution in [0.1, 0.15) is 25.7 Å². The molecule has 3 heteroatoms. The van der Waals surface area contributed by atoms with Gasteiger partial charge in [-0.2, -0.15) is 0 Å². The van der Waals surface area contributed by atoms with Crippen molar-refractivity contribution in [2.24, 2.45) is 5.92 Å². The first-order valence-corrected chi connectivity index (χ1v) is 6.00. The molecular weight excluding hydrogens is 168 g/mol. The molecule has 2 unspecified atom stereocenters. The molecule has 1 saturated carbocycles. The lowest BCUT2D eigenvalue weighted by molar-refractivity contribution is 0.385. The first-order chi connectivity index (χ1) is 5.90. The minimum atomic E-state index is 0.510. The highest BCUT2D eigenvalue weighted by molar-refractivity contribution is 8.00. The van der Waals surface area contributed by atoms with E-state index in [1.54, 1.807) is 0 Å². The second kappa shape index (κ2) is 3.99. The molecule has 2 rings (SSSR count). The first-order valence-electron chi connectivity index (χ1n) is 4.95. The molecule has 0 amide bonds. The van der Waals surface area contributed by atoms with E-state index in [1.165, 1.54) is 31.4 Å². The summed E-state index contributed by atoms with van der Waals surface area (Å²) in [6.07, 6.45) is 5.82. The SMILES string of the molecule is CNC1NC(C2CCCC2)CS1. The Labute approximate surface area is 78.9 Å². The predicted octanol–water partition coefficient (Wildman–Crippen LogP) is 1.38. The zero-order valence-corrected chi connectivity index (χ0v) is 8.49. The van der Waals surface area contributed by atoms with Gasteiger partial charge >= 0.3 is 0 Å². The molecule has 2 aliphatic rings. The van der Waals surface area contributed by atoms with Gasteiger partial charge in [-0.25, -0.2) is 0 Å². The van der Waals surface area contributed by atoms with Crippen molar-refractivity contribution in [3.63, 3.8) is 0 Å². The van der Waals surface area contributed by atoms with Crippen LogP contribution in [0.25, 0.3) is 0 Å².